The molecule has 6 rings (SSSR count). The summed E-state index contributed by atoms with van der Waals surface area (Å²) in [5.41, 5.74) is 0. The van der Waals surface area contributed by atoms with Crippen molar-refractivity contribution in [2.24, 2.45) is 5.92 Å². The second-order valence-electron chi connectivity index (χ2n) is 7.47. The largest absolute Gasteiger partial charge is 0.394 e. The summed E-state index contributed by atoms with van der Waals surface area (Å²) in [5.74, 6) is -1.23. The highest BCUT2D eigenvalue weighted by atomic mass is 16.6. The van der Waals surface area contributed by atoms with Crippen molar-refractivity contribution in [1.29, 1.82) is 0 Å². The number of ether oxygens (including phenoxy) is 3. The van der Waals surface area contributed by atoms with Crippen molar-refractivity contribution < 1.29 is 44.5 Å². The monoisotopic (exact) mass is 391 g/mol. The maximum absolute atomic E-state index is 11.7. The lowest BCUT2D eigenvalue weighted by Gasteiger charge is -2.52. The second-order valence-corrected chi connectivity index (χ2v) is 7.47. The van der Waals surface area contributed by atoms with Crippen LogP contribution in [0.3, 0.4) is 0 Å². The summed E-state index contributed by atoms with van der Waals surface area (Å²) in [6.45, 7) is 0.636. The third-order valence-electron chi connectivity index (χ3n) is 5.72. The fourth-order valence-electron chi connectivity index (χ4n) is 4.47. The lowest BCUT2D eigenvalue weighted by molar-refractivity contribution is -0.284. The summed E-state index contributed by atoms with van der Waals surface area (Å²) in [4.78, 5) is 11.7. The lowest BCUT2D eigenvalue weighted by Crippen LogP contribution is -2.70. The van der Waals surface area contributed by atoms with Gasteiger partial charge in [0.1, 0.15) is 30.5 Å². The molecule has 0 aromatic carbocycles. The molecule has 0 spiro atoms. The number of nitrogens with one attached hydrogen (secondary N) is 1. The van der Waals surface area contributed by atoms with Gasteiger partial charge in [0.05, 0.1) is 37.6 Å². The van der Waals surface area contributed by atoms with Crippen LogP contribution in [0.15, 0.2) is 0 Å². The normalized spacial score (nSPS) is 47.9. The summed E-state index contributed by atoms with van der Waals surface area (Å²) >= 11 is 0. The zero-order valence-corrected chi connectivity index (χ0v) is 15.2. The average molecular weight is 391 g/mol. The van der Waals surface area contributed by atoms with E-state index in [1.165, 1.54) is 6.92 Å². The van der Waals surface area contributed by atoms with Crippen molar-refractivity contribution in [2.45, 2.75) is 74.6 Å². The molecule has 0 aromatic heterocycles. The quantitative estimate of drug-likeness (QED) is 0.293. The van der Waals surface area contributed by atoms with Gasteiger partial charge in [0.15, 0.2) is 0 Å². The predicted octanol–water partition coefficient (Wildman–Crippen LogP) is -3.11. The number of aliphatic hydroxyl groups is 5. The Morgan fingerprint density at radius 2 is 1.67 bits per heavy atom. The summed E-state index contributed by atoms with van der Waals surface area (Å²) in [7, 11) is 0. The standard InChI is InChI=1S/C17H29NO9/c1-7(21)18-12-11-9(5-19)26-8(13(12)22)3-2-4-25-16-10(6-20)27-17(11)15(24)14(16)23/h8-17,19-20,22-24H,2-6H2,1H3,(H,18,21)/t8?,9-,10-,11-,12-,13-,14-,15-,16-,17?/m1/s1. The molecule has 4 bridgehead atoms. The molecule has 2 unspecified atom stereocenters. The molecule has 156 valence electrons. The number of rotatable bonds is 3. The maximum Gasteiger partial charge on any atom is 0.217 e. The summed E-state index contributed by atoms with van der Waals surface area (Å²) in [5, 5.41) is 54.2. The molecule has 27 heavy (non-hydrogen) atoms. The van der Waals surface area contributed by atoms with Crippen molar-refractivity contribution in [3.63, 3.8) is 0 Å². The third-order valence-corrected chi connectivity index (χ3v) is 5.72. The number of aliphatic hydroxyl groups excluding tert-OH is 5. The molecule has 0 radical (unpaired) electrons. The number of hydrogen-bond donors (Lipinski definition) is 6. The van der Waals surface area contributed by atoms with E-state index in [1.807, 2.05) is 0 Å². The highest BCUT2D eigenvalue weighted by Gasteiger charge is 2.55. The molecule has 0 aliphatic carbocycles. The minimum Gasteiger partial charge on any atom is -0.394 e. The molecule has 10 nitrogen and oxygen atoms in total. The molecule has 6 saturated heterocycles. The Kier molecular flexibility index (Phi) is 6.70. The van der Waals surface area contributed by atoms with E-state index >= 15 is 0 Å². The Balaban J connectivity index is 2.02. The first-order valence-corrected chi connectivity index (χ1v) is 9.34. The zero-order valence-electron chi connectivity index (χ0n) is 15.2. The maximum atomic E-state index is 11.7. The van der Waals surface area contributed by atoms with E-state index in [0.29, 0.717) is 12.8 Å². The summed E-state index contributed by atoms with van der Waals surface area (Å²) < 4.78 is 17.3. The Hall–Kier alpha value is -0.850. The van der Waals surface area contributed by atoms with Crippen molar-refractivity contribution in [2.75, 3.05) is 19.8 Å². The van der Waals surface area contributed by atoms with Gasteiger partial charge in [-0.05, 0) is 12.8 Å². The van der Waals surface area contributed by atoms with Crippen LogP contribution in [0.4, 0.5) is 0 Å². The Labute approximate surface area is 157 Å². The Morgan fingerprint density at radius 1 is 1.00 bits per heavy atom. The minimum absolute atomic E-state index is 0.198. The molecule has 6 aliphatic rings. The minimum atomic E-state index is -1.42. The number of carbonyl (C=O) groups is 1. The van der Waals surface area contributed by atoms with Crippen LogP contribution in [0.25, 0.3) is 0 Å². The average Bonchev–Trinajstić information content (AvgIpc) is 2.63. The van der Waals surface area contributed by atoms with Gasteiger partial charge in [-0.15, -0.1) is 0 Å². The van der Waals surface area contributed by atoms with Gasteiger partial charge in [-0.25, -0.2) is 0 Å². The number of carbonyl (C=O) groups excluding carboxylic acids is 1. The van der Waals surface area contributed by atoms with Crippen LogP contribution >= 0.6 is 0 Å². The lowest BCUT2D eigenvalue weighted by atomic mass is 9.75. The first-order valence-electron chi connectivity index (χ1n) is 9.34. The predicted molar refractivity (Wildman–Crippen MR) is 89.6 cm³/mol. The molecular formula is C17H29NO9. The van der Waals surface area contributed by atoms with E-state index in [9.17, 15) is 30.3 Å². The molecule has 10 heteroatoms. The fraction of sp³-hybridized carbons (Fsp3) is 0.941. The van der Waals surface area contributed by atoms with Gasteiger partial charge >= 0.3 is 0 Å². The number of hydrogen-bond acceptors (Lipinski definition) is 9. The Bertz CT molecular complexity index is 519. The first kappa shape index (κ1) is 20.9. The summed E-state index contributed by atoms with van der Waals surface area (Å²) in [6, 6.07) is -0.860. The van der Waals surface area contributed by atoms with E-state index in [0.717, 1.165) is 0 Å². The molecule has 10 atom stereocenters. The van der Waals surface area contributed by atoms with Gasteiger partial charge in [0.25, 0.3) is 0 Å². The summed E-state index contributed by atoms with van der Waals surface area (Å²) in [6.07, 6.45) is -7.34. The molecular weight excluding hydrogens is 362 g/mol. The van der Waals surface area contributed by atoms with Crippen LogP contribution < -0.4 is 5.32 Å². The molecule has 1 amide bonds. The van der Waals surface area contributed by atoms with Crippen molar-refractivity contribution in [3.05, 3.63) is 0 Å². The van der Waals surface area contributed by atoms with Crippen molar-refractivity contribution in [3.8, 4) is 0 Å². The highest BCUT2D eigenvalue weighted by Crippen LogP contribution is 2.38. The van der Waals surface area contributed by atoms with E-state index in [2.05, 4.69) is 5.32 Å². The highest BCUT2D eigenvalue weighted by molar-refractivity contribution is 5.73. The van der Waals surface area contributed by atoms with Gasteiger partial charge in [-0.1, -0.05) is 0 Å². The molecule has 6 aliphatic heterocycles. The smallest absolute Gasteiger partial charge is 0.217 e. The van der Waals surface area contributed by atoms with Crippen LogP contribution in [0.1, 0.15) is 19.8 Å². The zero-order chi connectivity index (χ0) is 19.7. The number of amides is 1. The van der Waals surface area contributed by atoms with Crippen LogP contribution in [0.2, 0.25) is 0 Å². The van der Waals surface area contributed by atoms with Gasteiger partial charge in [0, 0.05) is 19.4 Å². The van der Waals surface area contributed by atoms with Gasteiger partial charge in [0.2, 0.25) is 5.91 Å². The van der Waals surface area contributed by atoms with E-state index in [4.69, 9.17) is 14.2 Å². The van der Waals surface area contributed by atoms with Crippen LogP contribution in [-0.4, -0.2) is 106 Å². The van der Waals surface area contributed by atoms with E-state index in [-0.39, 0.29) is 12.5 Å². The van der Waals surface area contributed by atoms with Crippen LogP contribution in [0.5, 0.6) is 0 Å². The van der Waals surface area contributed by atoms with Crippen molar-refractivity contribution in [1.82, 2.24) is 5.32 Å². The van der Waals surface area contributed by atoms with Gasteiger partial charge in [-0.3, -0.25) is 4.79 Å². The SMILES string of the molecule is CC(=O)N[C@@H]1[C@@H]2C3O[C@H](CO)[C@@H](OCCCC(O[C@@H]2CO)[C@H]1O)[C@H](O)[C@H]3O. The molecule has 0 saturated carbocycles. The van der Waals surface area contributed by atoms with Crippen LogP contribution in [0, 0.1) is 5.92 Å². The third kappa shape index (κ3) is 3.99. The van der Waals surface area contributed by atoms with Crippen molar-refractivity contribution >= 4 is 5.91 Å². The first-order chi connectivity index (χ1) is 12.9. The van der Waals surface area contributed by atoms with Gasteiger partial charge < -0.3 is 45.1 Å². The van der Waals surface area contributed by atoms with E-state index < -0.39 is 74.0 Å². The topological polar surface area (TPSA) is 158 Å². The second kappa shape index (κ2) is 8.66. The molecule has 6 fully saturated rings. The van der Waals surface area contributed by atoms with Gasteiger partial charge in [-0.2, -0.15) is 0 Å². The van der Waals surface area contributed by atoms with E-state index in [1.54, 1.807) is 0 Å². The molecule has 6 N–H and O–H groups in total. The molecule has 6 heterocycles. The van der Waals surface area contributed by atoms with Crippen LogP contribution in [-0.2, 0) is 19.0 Å². The fourth-order valence-corrected chi connectivity index (χ4v) is 4.47. The molecule has 0 aromatic rings. The Morgan fingerprint density at radius 3 is 2.30 bits per heavy atom.